The van der Waals surface area contributed by atoms with Crippen LogP contribution in [0.5, 0.6) is 0 Å². The maximum Gasteiger partial charge on any atom is 0.310 e. The van der Waals surface area contributed by atoms with Gasteiger partial charge in [-0.25, -0.2) is 0 Å². The summed E-state index contributed by atoms with van der Waals surface area (Å²) in [6.07, 6.45) is 10.8. The minimum absolute atomic E-state index is 0.0211. The number of fused-ring (bicyclic) bond motifs is 7. The summed E-state index contributed by atoms with van der Waals surface area (Å²) in [7, 11) is 0. The average Bonchev–Trinajstić information content (AvgIpc) is 2.96. The Balaban J connectivity index is 1.32. The highest BCUT2D eigenvalue weighted by molar-refractivity contribution is 5.76. The third-order valence-corrected chi connectivity index (χ3v) is 16.5. The number of rotatable bonds is 4. The number of carboxylic acids is 1. The average molecular weight is 615 g/mol. The Morgan fingerprint density at radius 1 is 0.864 bits per heavy atom. The van der Waals surface area contributed by atoms with Crippen LogP contribution >= 0.6 is 0 Å². The van der Waals surface area contributed by atoms with Crippen molar-refractivity contribution in [2.45, 2.75) is 144 Å². The smallest absolute Gasteiger partial charge is 0.310 e. The van der Waals surface area contributed by atoms with Crippen molar-refractivity contribution in [1.29, 1.82) is 0 Å². The van der Waals surface area contributed by atoms with Crippen molar-refractivity contribution in [1.82, 2.24) is 0 Å². The first-order chi connectivity index (χ1) is 20.4. The van der Waals surface area contributed by atoms with Gasteiger partial charge in [0.15, 0.2) is 0 Å². The van der Waals surface area contributed by atoms with Gasteiger partial charge in [-0.15, -0.1) is 0 Å². The third kappa shape index (κ3) is 4.35. The van der Waals surface area contributed by atoms with Gasteiger partial charge in [-0.05, 0) is 140 Å². The van der Waals surface area contributed by atoms with E-state index in [9.17, 15) is 30.3 Å². The van der Waals surface area contributed by atoms with Crippen LogP contribution < -0.4 is 0 Å². The predicted octanol–water partition coefficient (Wildman–Crippen LogP) is 6.59. The molecule has 0 aromatic heterocycles. The number of hydrogen-bond donors (Lipinski definition) is 5. The fourth-order valence-electron chi connectivity index (χ4n) is 13.3. The normalized spacial score (nSPS) is 55.1. The summed E-state index contributed by atoms with van der Waals surface area (Å²) in [4.78, 5) is 13.0. The molecular weight excluding hydrogens is 552 g/mol. The molecule has 44 heavy (non-hydrogen) atoms. The van der Waals surface area contributed by atoms with Crippen LogP contribution in [0.2, 0.25) is 0 Å². The molecule has 250 valence electrons. The van der Waals surface area contributed by atoms with Crippen LogP contribution in [0.25, 0.3) is 0 Å². The molecule has 6 aliphatic carbocycles. The molecule has 0 amide bonds. The number of aliphatic hydroxyl groups excluding tert-OH is 4. The van der Waals surface area contributed by atoms with E-state index in [2.05, 4.69) is 47.6 Å². The van der Waals surface area contributed by atoms with Crippen LogP contribution in [0.4, 0.5) is 0 Å². The lowest BCUT2D eigenvalue weighted by atomic mass is 9.33. The summed E-state index contributed by atoms with van der Waals surface area (Å²) in [6, 6.07) is 0. The minimum Gasteiger partial charge on any atom is -0.481 e. The van der Waals surface area contributed by atoms with Crippen molar-refractivity contribution in [2.75, 3.05) is 6.61 Å². The molecule has 6 aliphatic rings. The van der Waals surface area contributed by atoms with Crippen molar-refractivity contribution in [3.63, 3.8) is 0 Å². The van der Waals surface area contributed by atoms with Crippen molar-refractivity contribution in [3.05, 3.63) is 11.6 Å². The van der Waals surface area contributed by atoms with Gasteiger partial charge in [0.2, 0.25) is 0 Å². The van der Waals surface area contributed by atoms with E-state index >= 15 is 0 Å². The summed E-state index contributed by atoms with van der Waals surface area (Å²) in [6.45, 7) is 16.6. The van der Waals surface area contributed by atoms with Gasteiger partial charge >= 0.3 is 5.97 Å². The zero-order valence-corrected chi connectivity index (χ0v) is 28.6. The van der Waals surface area contributed by atoms with Gasteiger partial charge in [-0.2, -0.15) is 0 Å². The summed E-state index contributed by atoms with van der Waals surface area (Å²) in [5, 5.41) is 53.7. The summed E-state index contributed by atoms with van der Waals surface area (Å²) >= 11 is 0. The van der Waals surface area contributed by atoms with E-state index in [-0.39, 0.29) is 57.4 Å². The number of aliphatic carboxylic acids is 1. The van der Waals surface area contributed by atoms with E-state index in [0.29, 0.717) is 18.3 Å². The van der Waals surface area contributed by atoms with Gasteiger partial charge < -0.3 is 25.5 Å². The first kappa shape index (κ1) is 33.0. The Bertz CT molecular complexity index is 1180. The van der Waals surface area contributed by atoms with Crippen LogP contribution in [-0.4, -0.2) is 56.4 Å². The van der Waals surface area contributed by atoms with Gasteiger partial charge in [-0.1, -0.05) is 60.1 Å². The second-order valence-corrected chi connectivity index (χ2v) is 18.8. The highest BCUT2D eigenvalue weighted by Gasteiger charge is 2.69. The van der Waals surface area contributed by atoms with Crippen molar-refractivity contribution in [2.24, 2.45) is 68.0 Å². The lowest BCUT2D eigenvalue weighted by Gasteiger charge is -2.71. The molecule has 0 aromatic rings. The predicted molar refractivity (Wildman–Crippen MR) is 171 cm³/mol. The van der Waals surface area contributed by atoms with Crippen LogP contribution in [0.1, 0.15) is 126 Å². The first-order valence-corrected chi connectivity index (χ1v) is 18.0. The van der Waals surface area contributed by atoms with E-state index in [1.54, 1.807) is 0 Å². The van der Waals surface area contributed by atoms with Crippen LogP contribution in [0.3, 0.4) is 0 Å². The highest BCUT2D eigenvalue weighted by Crippen LogP contribution is 2.76. The fraction of sp³-hybridized carbons (Fsp3) is 0.921. The van der Waals surface area contributed by atoms with E-state index in [1.807, 2.05) is 6.92 Å². The Labute approximate surface area is 266 Å². The fourth-order valence-corrected chi connectivity index (χ4v) is 13.3. The Kier molecular flexibility index (Phi) is 7.89. The van der Waals surface area contributed by atoms with Crippen LogP contribution in [0.15, 0.2) is 11.6 Å². The largest absolute Gasteiger partial charge is 0.481 e. The molecule has 0 unspecified atom stereocenters. The molecule has 6 nitrogen and oxygen atoms in total. The SMILES string of the molecule is C[C@H]1C[C@@H](C[C@@H]2CC[C@@]3(C)[C@H](CC[C@]4(C)[C@@H]3CC=C3[C@H]5CC(C)(C)CC[C@@]5(C(=O)O)CC[C@]34C)[C@@]2(C)CO)[C@H](O)[C@H](O)[C@@H]1O. The van der Waals surface area contributed by atoms with Gasteiger partial charge in [-0.3, -0.25) is 4.79 Å². The zero-order chi connectivity index (χ0) is 32.3. The Hall–Kier alpha value is -0.950. The van der Waals surface area contributed by atoms with Crippen molar-refractivity contribution in [3.8, 4) is 0 Å². The topological polar surface area (TPSA) is 118 Å². The summed E-state index contributed by atoms with van der Waals surface area (Å²) < 4.78 is 0. The third-order valence-electron chi connectivity index (χ3n) is 16.5. The van der Waals surface area contributed by atoms with Gasteiger partial charge in [0.05, 0.1) is 17.6 Å². The number of carboxylic acid groups (broad SMARTS) is 1. The number of allylic oxidation sites excluding steroid dienone is 2. The zero-order valence-electron chi connectivity index (χ0n) is 28.6. The number of hydrogen-bond acceptors (Lipinski definition) is 5. The van der Waals surface area contributed by atoms with Gasteiger partial charge in [0.1, 0.15) is 6.10 Å². The van der Waals surface area contributed by atoms with Crippen molar-refractivity contribution >= 4 is 5.97 Å². The molecule has 5 fully saturated rings. The van der Waals surface area contributed by atoms with Crippen molar-refractivity contribution < 1.29 is 30.3 Å². The van der Waals surface area contributed by atoms with E-state index < -0.39 is 29.7 Å². The second kappa shape index (κ2) is 10.5. The molecular formula is C38H62O6. The Morgan fingerprint density at radius 3 is 2.20 bits per heavy atom. The molecule has 0 bridgehead atoms. The minimum atomic E-state index is -1.11. The monoisotopic (exact) mass is 614 g/mol. The molecule has 5 N–H and O–H groups in total. The molecule has 0 saturated heterocycles. The molecule has 6 rings (SSSR count). The van der Waals surface area contributed by atoms with Gasteiger partial charge in [0.25, 0.3) is 0 Å². The Morgan fingerprint density at radius 2 is 1.55 bits per heavy atom. The second-order valence-electron chi connectivity index (χ2n) is 18.8. The molecule has 14 atom stereocenters. The molecule has 0 radical (unpaired) electrons. The van der Waals surface area contributed by atoms with Crippen LogP contribution in [0, 0.1) is 68.0 Å². The molecule has 0 aliphatic heterocycles. The molecule has 6 heteroatoms. The molecule has 5 saturated carbocycles. The summed E-state index contributed by atoms with van der Waals surface area (Å²) in [5.74, 6) is 0.484. The number of carbonyl (C=O) groups is 1. The lowest BCUT2D eigenvalue weighted by Crippen LogP contribution is -2.65. The lowest BCUT2D eigenvalue weighted by molar-refractivity contribution is -0.210. The molecule has 0 heterocycles. The standard InChI is InChI=1S/C38H62O6/c1-22-18-23(30(41)31(42)29(22)40)19-24-10-12-34(4)27(35(24,5)21-39)11-13-37(7)28(34)9-8-25-26-20-33(2,3)14-16-38(26,32(43)44)17-15-36(25,37)6/h8,22-24,26-31,39-42H,9-21H2,1-7H3,(H,43,44)/t22-,23-,24-,26+,27-,28+,29+,30-,31+,34-,35-,36+,37+,38+/m0/s1. The van der Waals surface area contributed by atoms with E-state index in [1.165, 1.54) is 5.57 Å². The molecule has 0 spiro atoms. The number of aliphatic hydroxyl groups is 4. The first-order valence-electron chi connectivity index (χ1n) is 18.0. The maximum absolute atomic E-state index is 13.0. The summed E-state index contributed by atoms with van der Waals surface area (Å²) in [5.41, 5.74) is 0.834. The van der Waals surface area contributed by atoms with Gasteiger partial charge in [0, 0.05) is 6.61 Å². The van der Waals surface area contributed by atoms with E-state index in [0.717, 1.165) is 70.6 Å². The van der Waals surface area contributed by atoms with Crippen LogP contribution in [-0.2, 0) is 4.79 Å². The van der Waals surface area contributed by atoms with E-state index in [4.69, 9.17) is 0 Å². The quantitative estimate of drug-likeness (QED) is 0.228. The maximum atomic E-state index is 13.0. The highest BCUT2D eigenvalue weighted by atomic mass is 16.4. The molecule has 0 aromatic carbocycles.